The number of nitrogens with zero attached hydrogens (tertiary/aromatic N) is 1. The Bertz CT molecular complexity index is 841. The first-order chi connectivity index (χ1) is 11.9. The molecule has 0 aliphatic carbocycles. The topological polar surface area (TPSA) is 82.3 Å². The third kappa shape index (κ3) is 2.73. The summed E-state index contributed by atoms with van der Waals surface area (Å²) in [5, 5.41) is 2.79. The van der Waals surface area contributed by atoms with Gasteiger partial charge in [0.1, 0.15) is 5.54 Å². The van der Waals surface area contributed by atoms with Gasteiger partial charge in [0.2, 0.25) is 0 Å². The van der Waals surface area contributed by atoms with Crippen molar-refractivity contribution < 1.29 is 14.4 Å². The maximum absolute atomic E-state index is 13.0. The minimum atomic E-state index is -1.11. The van der Waals surface area contributed by atoms with Crippen LogP contribution in [0.4, 0.5) is 4.79 Å². The van der Waals surface area contributed by atoms with E-state index in [4.69, 9.17) is 0 Å². The van der Waals surface area contributed by atoms with Gasteiger partial charge >= 0.3 is 6.03 Å². The number of carbonyl (C=O) groups excluding carboxylic acids is 3. The molecule has 0 saturated carbocycles. The molecule has 1 aromatic carbocycles. The molecular formula is C19H21N3O3. The van der Waals surface area contributed by atoms with Crippen LogP contribution in [0.2, 0.25) is 0 Å². The van der Waals surface area contributed by atoms with Gasteiger partial charge in [-0.1, -0.05) is 37.3 Å². The van der Waals surface area contributed by atoms with Crippen molar-refractivity contribution in [3.63, 3.8) is 0 Å². The van der Waals surface area contributed by atoms with Crippen LogP contribution in [-0.4, -0.2) is 34.2 Å². The van der Waals surface area contributed by atoms with Crippen molar-refractivity contribution >= 4 is 17.7 Å². The van der Waals surface area contributed by atoms with Crippen molar-refractivity contribution in [1.29, 1.82) is 0 Å². The van der Waals surface area contributed by atoms with E-state index in [0.29, 0.717) is 12.0 Å². The van der Waals surface area contributed by atoms with Gasteiger partial charge in [-0.05, 0) is 31.9 Å². The summed E-state index contributed by atoms with van der Waals surface area (Å²) in [6, 6.07) is 10.3. The quantitative estimate of drug-likeness (QED) is 0.649. The summed E-state index contributed by atoms with van der Waals surface area (Å²) in [5.41, 5.74) is 1.72. The van der Waals surface area contributed by atoms with E-state index in [9.17, 15) is 14.4 Å². The Hall–Kier alpha value is -2.89. The molecule has 6 nitrogen and oxygen atoms in total. The average molecular weight is 339 g/mol. The van der Waals surface area contributed by atoms with E-state index in [1.807, 2.05) is 44.2 Å². The normalized spacial score (nSPS) is 20.0. The van der Waals surface area contributed by atoms with E-state index >= 15 is 0 Å². The number of benzene rings is 1. The van der Waals surface area contributed by atoms with E-state index in [1.54, 1.807) is 13.0 Å². The number of H-pyrrole nitrogens is 1. The summed E-state index contributed by atoms with van der Waals surface area (Å²) in [5.74, 6) is -0.644. The molecule has 1 aromatic heterocycles. The van der Waals surface area contributed by atoms with Crippen LogP contribution in [0.25, 0.3) is 0 Å². The molecule has 1 aliphatic heterocycles. The highest BCUT2D eigenvalue weighted by Crippen LogP contribution is 2.32. The van der Waals surface area contributed by atoms with Crippen molar-refractivity contribution in [2.45, 2.75) is 32.7 Å². The number of amides is 3. The first kappa shape index (κ1) is 17.0. The number of aromatic amines is 1. The molecule has 25 heavy (non-hydrogen) atoms. The average Bonchev–Trinajstić information content (AvgIpc) is 3.06. The Morgan fingerprint density at radius 3 is 2.40 bits per heavy atom. The lowest BCUT2D eigenvalue weighted by molar-refractivity contribution is -0.131. The molecule has 0 unspecified atom stereocenters. The number of imide groups is 1. The standard InChI is InChI=1S/C19H21N3O3/c1-4-19(14-8-6-5-7-9-14)17(24)22(18(25)21-19)11-16(23)15-10-12(2)20-13(15)3/h5-10,20H,4,11H2,1-3H3,(H,21,25)/t19-/m1/s1. The molecule has 1 fully saturated rings. The maximum Gasteiger partial charge on any atom is 0.325 e. The molecule has 1 aliphatic rings. The maximum atomic E-state index is 13.0. The minimum Gasteiger partial charge on any atom is -0.362 e. The molecule has 0 bridgehead atoms. The van der Waals surface area contributed by atoms with Crippen LogP contribution in [0.1, 0.15) is 40.7 Å². The number of aryl methyl sites for hydroxylation is 2. The fourth-order valence-electron chi connectivity index (χ4n) is 3.37. The van der Waals surface area contributed by atoms with Gasteiger partial charge in [-0.3, -0.25) is 14.5 Å². The van der Waals surface area contributed by atoms with Crippen LogP contribution >= 0.6 is 0 Å². The zero-order chi connectivity index (χ0) is 18.2. The number of ketones is 1. The molecule has 2 aromatic rings. The van der Waals surface area contributed by atoms with E-state index in [2.05, 4.69) is 10.3 Å². The number of Topliss-reactive ketones (excluding diaryl/α,β-unsaturated/α-hetero) is 1. The lowest BCUT2D eigenvalue weighted by Gasteiger charge is -2.25. The van der Waals surface area contributed by atoms with Gasteiger partial charge in [-0.2, -0.15) is 0 Å². The van der Waals surface area contributed by atoms with Crippen molar-refractivity contribution in [3.8, 4) is 0 Å². The van der Waals surface area contributed by atoms with Gasteiger partial charge in [-0.15, -0.1) is 0 Å². The Labute approximate surface area is 146 Å². The molecule has 3 amide bonds. The Balaban J connectivity index is 1.89. The summed E-state index contributed by atoms with van der Waals surface area (Å²) in [6.07, 6.45) is 0.411. The minimum absolute atomic E-state index is 0.259. The third-order valence-corrected chi connectivity index (χ3v) is 4.72. The van der Waals surface area contributed by atoms with Crippen LogP contribution in [0.5, 0.6) is 0 Å². The van der Waals surface area contributed by atoms with Crippen LogP contribution in [0, 0.1) is 13.8 Å². The molecule has 130 valence electrons. The largest absolute Gasteiger partial charge is 0.362 e. The summed E-state index contributed by atoms with van der Waals surface area (Å²) in [6.45, 7) is 5.23. The molecule has 2 N–H and O–H groups in total. The summed E-state index contributed by atoms with van der Waals surface area (Å²) in [7, 11) is 0. The number of carbonyl (C=O) groups is 3. The smallest absolute Gasteiger partial charge is 0.325 e. The van der Waals surface area contributed by atoms with Crippen molar-refractivity contribution in [2.24, 2.45) is 0 Å². The highest BCUT2D eigenvalue weighted by Gasteiger charge is 2.51. The lowest BCUT2D eigenvalue weighted by Crippen LogP contribution is -2.43. The van der Waals surface area contributed by atoms with Crippen molar-refractivity contribution in [3.05, 3.63) is 58.9 Å². The van der Waals surface area contributed by atoms with E-state index < -0.39 is 11.6 Å². The van der Waals surface area contributed by atoms with Crippen LogP contribution in [0.3, 0.4) is 0 Å². The van der Waals surface area contributed by atoms with Gasteiger partial charge in [0.05, 0.1) is 6.54 Å². The number of nitrogens with one attached hydrogen (secondary N) is 2. The Kier molecular flexibility index (Phi) is 4.20. The fourth-order valence-corrected chi connectivity index (χ4v) is 3.37. The van der Waals surface area contributed by atoms with Gasteiger partial charge in [0.25, 0.3) is 5.91 Å². The third-order valence-electron chi connectivity index (χ3n) is 4.72. The fraction of sp³-hybridized carbons (Fsp3) is 0.316. The van der Waals surface area contributed by atoms with Crippen molar-refractivity contribution in [1.82, 2.24) is 15.2 Å². The number of hydrogen-bond acceptors (Lipinski definition) is 3. The number of aromatic nitrogens is 1. The second-order valence-electron chi connectivity index (χ2n) is 6.36. The predicted molar refractivity (Wildman–Crippen MR) is 93.3 cm³/mol. The first-order valence-corrected chi connectivity index (χ1v) is 8.28. The Morgan fingerprint density at radius 1 is 1.16 bits per heavy atom. The zero-order valence-corrected chi connectivity index (χ0v) is 14.6. The molecule has 0 radical (unpaired) electrons. The lowest BCUT2D eigenvalue weighted by atomic mass is 9.87. The van der Waals surface area contributed by atoms with Gasteiger partial charge in [-0.25, -0.2) is 4.79 Å². The van der Waals surface area contributed by atoms with Gasteiger partial charge in [0.15, 0.2) is 5.78 Å². The highest BCUT2D eigenvalue weighted by molar-refractivity contribution is 6.11. The monoisotopic (exact) mass is 339 g/mol. The molecule has 1 saturated heterocycles. The summed E-state index contributed by atoms with van der Waals surface area (Å²) < 4.78 is 0. The van der Waals surface area contributed by atoms with E-state index in [0.717, 1.165) is 21.9 Å². The second kappa shape index (κ2) is 6.20. The molecular weight excluding hydrogens is 318 g/mol. The van der Waals surface area contributed by atoms with E-state index in [-0.39, 0.29) is 18.2 Å². The van der Waals surface area contributed by atoms with Gasteiger partial charge in [0, 0.05) is 17.0 Å². The van der Waals surface area contributed by atoms with Crippen LogP contribution in [-0.2, 0) is 10.3 Å². The number of urea groups is 1. The van der Waals surface area contributed by atoms with Gasteiger partial charge < -0.3 is 10.3 Å². The summed E-state index contributed by atoms with van der Waals surface area (Å²) >= 11 is 0. The molecule has 6 heteroatoms. The number of hydrogen-bond donors (Lipinski definition) is 2. The highest BCUT2D eigenvalue weighted by atomic mass is 16.2. The zero-order valence-electron chi connectivity index (χ0n) is 14.6. The summed E-state index contributed by atoms with van der Waals surface area (Å²) in [4.78, 5) is 42.1. The molecule has 3 rings (SSSR count). The van der Waals surface area contributed by atoms with Crippen LogP contribution < -0.4 is 5.32 Å². The number of rotatable bonds is 5. The Morgan fingerprint density at radius 2 is 1.84 bits per heavy atom. The molecule has 0 spiro atoms. The van der Waals surface area contributed by atoms with Crippen molar-refractivity contribution in [2.75, 3.05) is 6.54 Å². The van der Waals surface area contributed by atoms with E-state index in [1.165, 1.54) is 0 Å². The molecule has 2 heterocycles. The van der Waals surface area contributed by atoms with Crippen LogP contribution in [0.15, 0.2) is 36.4 Å². The molecule has 1 atom stereocenters. The second-order valence-corrected chi connectivity index (χ2v) is 6.36. The SMILES string of the molecule is CC[C@]1(c2ccccc2)NC(=O)N(CC(=O)c2cc(C)[nH]c2C)C1=O. The predicted octanol–water partition coefficient (Wildman–Crippen LogP) is 2.67. The first-order valence-electron chi connectivity index (χ1n) is 8.28.